The molecule has 0 spiro atoms. The van der Waals surface area contributed by atoms with Crippen molar-refractivity contribution in [1.82, 2.24) is 0 Å². The maximum atomic E-state index is 10.1. The Labute approximate surface area is 181 Å². The molecule has 6 atom stereocenters. The molecule has 3 aliphatic rings. The number of allylic oxidation sites excluding steroid dienone is 4. The molecule has 3 saturated carbocycles. The first kappa shape index (κ1) is 23.1. The molecule has 2 unspecified atom stereocenters. The lowest BCUT2D eigenvalue weighted by atomic mass is 9.60. The third kappa shape index (κ3) is 5.57. The van der Waals surface area contributed by atoms with Crippen molar-refractivity contribution in [2.24, 2.45) is 35.0 Å². The molecule has 0 radical (unpaired) electrons. The van der Waals surface area contributed by atoms with Crippen molar-refractivity contribution in [3.8, 4) is 0 Å². The fraction of sp³-hybridized carbons (Fsp3) is 0.857. The van der Waals surface area contributed by atoms with Crippen LogP contribution in [0.3, 0.4) is 0 Å². The maximum absolute atomic E-state index is 10.1. The summed E-state index contributed by atoms with van der Waals surface area (Å²) in [5.41, 5.74) is 3.47. The van der Waals surface area contributed by atoms with Gasteiger partial charge in [0.05, 0.1) is 5.60 Å². The first-order valence-electron chi connectivity index (χ1n) is 12.7. The summed E-state index contributed by atoms with van der Waals surface area (Å²) in [5.74, 6) is 4.10. The summed E-state index contributed by atoms with van der Waals surface area (Å²) in [4.78, 5) is 0. The second kappa shape index (κ2) is 9.29. The minimum absolute atomic E-state index is 0.502. The molecular weight excluding hydrogens is 352 g/mol. The van der Waals surface area contributed by atoms with E-state index in [1.807, 2.05) is 13.8 Å². The summed E-state index contributed by atoms with van der Waals surface area (Å²) >= 11 is 0. The zero-order valence-corrected chi connectivity index (χ0v) is 20.3. The molecule has 29 heavy (non-hydrogen) atoms. The number of rotatable bonds is 6. The topological polar surface area (TPSA) is 20.2 Å². The van der Waals surface area contributed by atoms with Gasteiger partial charge in [-0.25, -0.2) is 0 Å². The van der Waals surface area contributed by atoms with E-state index in [0.29, 0.717) is 5.41 Å². The standard InChI is InChI=1S/C28H48O/c1-20-11-12-21(2)24(19-20)14-13-23-10-8-18-28(6)25(15-16-26(23)28)22(3)9-7-17-27(4,5)29/h13-14,20-22,25-26,29H,7-12,15-19H2,1-6H3/b23-13+,24-14-/t20-,21-,22-,25?,26?,28+/m0/s1. The van der Waals surface area contributed by atoms with Crippen LogP contribution in [0.15, 0.2) is 23.3 Å². The molecule has 0 bridgehead atoms. The molecule has 1 N–H and O–H groups in total. The minimum Gasteiger partial charge on any atom is -0.390 e. The molecular formula is C28H48O. The lowest BCUT2D eigenvalue weighted by molar-refractivity contribution is 0.0597. The van der Waals surface area contributed by atoms with E-state index >= 15 is 0 Å². The number of fused-ring (bicyclic) bond motifs is 1. The Balaban J connectivity index is 1.68. The smallest absolute Gasteiger partial charge is 0.0591 e. The molecule has 3 aliphatic carbocycles. The van der Waals surface area contributed by atoms with E-state index in [1.54, 1.807) is 11.1 Å². The Morgan fingerprint density at radius 2 is 1.83 bits per heavy atom. The second-order valence-corrected chi connectivity index (χ2v) is 12.0. The highest BCUT2D eigenvalue weighted by Gasteiger charge is 2.50. The summed E-state index contributed by atoms with van der Waals surface area (Å²) in [6.45, 7) is 13.9. The predicted molar refractivity (Wildman–Crippen MR) is 126 cm³/mol. The molecule has 3 fully saturated rings. The minimum atomic E-state index is -0.510. The summed E-state index contributed by atoms with van der Waals surface area (Å²) in [5, 5.41) is 10.1. The first-order valence-corrected chi connectivity index (χ1v) is 12.7. The van der Waals surface area contributed by atoms with Gasteiger partial charge in [0.25, 0.3) is 0 Å². The van der Waals surface area contributed by atoms with Crippen LogP contribution in [-0.4, -0.2) is 10.7 Å². The van der Waals surface area contributed by atoms with Crippen LogP contribution in [0, 0.1) is 35.0 Å². The Hall–Kier alpha value is -0.560. The molecule has 166 valence electrons. The van der Waals surface area contributed by atoms with E-state index in [-0.39, 0.29) is 0 Å². The molecule has 3 rings (SSSR count). The average molecular weight is 401 g/mol. The fourth-order valence-corrected chi connectivity index (χ4v) is 7.14. The van der Waals surface area contributed by atoms with E-state index in [4.69, 9.17) is 0 Å². The SMILES string of the molecule is C[C@H]1CC[C@H](C)/C(=C\C=C2/CCC[C@@]3(C)C2CCC3[C@@H](C)CCCC(C)(C)O)C1. The largest absolute Gasteiger partial charge is 0.390 e. The summed E-state index contributed by atoms with van der Waals surface area (Å²) in [6, 6.07) is 0. The van der Waals surface area contributed by atoms with Crippen molar-refractivity contribution in [3.63, 3.8) is 0 Å². The van der Waals surface area contributed by atoms with Crippen LogP contribution >= 0.6 is 0 Å². The van der Waals surface area contributed by atoms with E-state index in [2.05, 4.69) is 39.8 Å². The van der Waals surface area contributed by atoms with Gasteiger partial charge < -0.3 is 5.11 Å². The van der Waals surface area contributed by atoms with Crippen LogP contribution < -0.4 is 0 Å². The van der Waals surface area contributed by atoms with E-state index < -0.39 is 5.60 Å². The van der Waals surface area contributed by atoms with Crippen LogP contribution in [0.1, 0.15) is 112 Å². The second-order valence-electron chi connectivity index (χ2n) is 12.0. The van der Waals surface area contributed by atoms with Crippen molar-refractivity contribution >= 4 is 0 Å². The number of hydrogen-bond acceptors (Lipinski definition) is 1. The molecule has 0 aromatic rings. The van der Waals surface area contributed by atoms with Crippen molar-refractivity contribution in [2.75, 3.05) is 0 Å². The maximum Gasteiger partial charge on any atom is 0.0591 e. The van der Waals surface area contributed by atoms with Crippen LogP contribution in [0.4, 0.5) is 0 Å². The van der Waals surface area contributed by atoms with Crippen LogP contribution in [-0.2, 0) is 0 Å². The quantitative estimate of drug-likeness (QED) is 0.477. The Kier molecular flexibility index (Phi) is 7.40. The summed E-state index contributed by atoms with van der Waals surface area (Å²) < 4.78 is 0. The van der Waals surface area contributed by atoms with Gasteiger partial charge in [-0.2, -0.15) is 0 Å². The molecule has 1 heteroatoms. The molecule has 0 heterocycles. The van der Waals surface area contributed by atoms with Crippen LogP contribution in [0.2, 0.25) is 0 Å². The van der Waals surface area contributed by atoms with Gasteiger partial charge in [0.15, 0.2) is 0 Å². The van der Waals surface area contributed by atoms with Gasteiger partial charge in [-0.3, -0.25) is 0 Å². The van der Waals surface area contributed by atoms with Gasteiger partial charge in [0, 0.05) is 0 Å². The van der Waals surface area contributed by atoms with Gasteiger partial charge in [-0.05, 0) is 107 Å². The predicted octanol–water partition coefficient (Wildman–Crippen LogP) is 8.09. The van der Waals surface area contributed by atoms with Gasteiger partial charge in [0.1, 0.15) is 0 Å². The van der Waals surface area contributed by atoms with E-state index in [0.717, 1.165) is 42.4 Å². The van der Waals surface area contributed by atoms with Gasteiger partial charge in [0.2, 0.25) is 0 Å². The molecule has 0 aliphatic heterocycles. The average Bonchev–Trinajstić information content (AvgIpc) is 2.99. The molecule has 0 aromatic heterocycles. The highest BCUT2D eigenvalue weighted by Crippen LogP contribution is 2.60. The Morgan fingerprint density at radius 3 is 2.55 bits per heavy atom. The molecule has 1 nitrogen and oxygen atoms in total. The van der Waals surface area contributed by atoms with Gasteiger partial charge >= 0.3 is 0 Å². The summed E-state index contributed by atoms with van der Waals surface area (Å²) in [7, 11) is 0. The highest BCUT2D eigenvalue weighted by atomic mass is 16.3. The fourth-order valence-electron chi connectivity index (χ4n) is 7.14. The lowest BCUT2D eigenvalue weighted by Crippen LogP contribution is -2.36. The van der Waals surface area contributed by atoms with Crippen molar-refractivity contribution in [2.45, 2.75) is 118 Å². The highest BCUT2D eigenvalue weighted by molar-refractivity contribution is 5.26. The number of aliphatic hydroxyl groups is 1. The van der Waals surface area contributed by atoms with E-state index in [1.165, 1.54) is 57.8 Å². The van der Waals surface area contributed by atoms with Crippen molar-refractivity contribution in [1.29, 1.82) is 0 Å². The normalized spacial score (nSPS) is 39.7. The third-order valence-electron chi connectivity index (χ3n) is 8.99. The van der Waals surface area contributed by atoms with Crippen LogP contribution in [0.25, 0.3) is 0 Å². The van der Waals surface area contributed by atoms with Crippen molar-refractivity contribution < 1.29 is 5.11 Å². The Morgan fingerprint density at radius 1 is 1.10 bits per heavy atom. The summed E-state index contributed by atoms with van der Waals surface area (Å²) in [6.07, 6.45) is 19.5. The Bertz CT molecular complexity index is 606. The molecule has 0 saturated heterocycles. The van der Waals surface area contributed by atoms with Gasteiger partial charge in [-0.1, -0.05) is 63.8 Å². The monoisotopic (exact) mass is 400 g/mol. The molecule has 0 aromatic carbocycles. The zero-order chi connectivity index (χ0) is 21.2. The third-order valence-corrected chi connectivity index (χ3v) is 8.99. The van der Waals surface area contributed by atoms with Crippen molar-refractivity contribution in [3.05, 3.63) is 23.3 Å². The van der Waals surface area contributed by atoms with E-state index in [9.17, 15) is 5.11 Å². The van der Waals surface area contributed by atoms with Crippen LogP contribution in [0.5, 0.6) is 0 Å². The first-order chi connectivity index (χ1) is 13.6. The zero-order valence-electron chi connectivity index (χ0n) is 20.3. The lowest BCUT2D eigenvalue weighted by Gasteiger charge is -2.44. The molecule has 0 amide bonds. The van der Waals surface area contributed by atoms with Gasteiger partial charge in [-0.15, -0.1) is 0 Å². The number of hydrogen-bond donors (Lipinski definition) is 1.